The molecule has 3 heterocycles. The van der Waals surface area contributed by atoms with Gasteiger partial charge in [-0.05, 0) is 26.8 Å². The predicted octanol–water partition coefficient (Wildman–Crippen LogP) is 1.91. The molecule has 2 saturated heterocycles. The third kappa shape index (κ3) is 2.46. The summed E-state index contributed by atoms with van der Waals surface area (Å²) in [5.74, 6) is 0.00507. The van der Waals surface area contributed by atoms with Crippen molar-refractivity contribution in [2.75, 3.05) is 26.7 Å². The number of carbonyl (C=O) groups excluding carboxylic acids is 2. The standard InChI is InChI=1S/C16H23N3O3/c1-15(2,3)19-7-5-12(9-19)13(20)18-8-6-16(11-18)10-17(4)14(21)22-16/h5,7,9H,6,8,10-11H2,1-4H3. The van der Waals surface area contributed by atoms with Gasteiger partial charge < -0.3 is 19.1 Å². The van der Waals surface area contributed by atoms with Crippen LogP contribution in [0.25, 0.3) is 0 Å². The van der Waals surface area contributed by atoms with Crippen LogP contribution in [0.2, 0.25) is 0 Å². The van der Waals surface area contributed by atoms with E-state index in [1.165, 1.54) is 0 Å². The molecule has 6 heteroatoms. The van der Waals surface area contributed by atoms with Crippen LogP contribution in [-0.2, 0) is 10.3 Å². The summed E-state index contributed by atoms with van der Waals surface area (Å²) in [6, 6.07) is 1.85. The fraction of sp³-hybridized carbons (Fsp3) is 0.625. The van der Waals surface area contributed by atoms with Gasteiger partial charge in [0.05, 0.1) is 18.7 Å². The number of hydrogen-bond donors (Lipinski definition) is 0. The first-order valence-corrected chi connectivity index (χ1v) is 7.62. The zero-order chi connectivity index (χ0) is 16.1. The number of amides is 2. The third-order valence-corrected chi connectivity index (χ3v) is 4.46. The van der Waals surface area contributed by atoms with Crippen LogP contribution in [0.5, 0.6) is 0 Å². The number of likely N-dealkylation sites (tertiary alicyclic amines) is 1. The quantitative estimate of drug-likeness (QED) is 0.796. The molecule has 0 saturated carbocycles. The van der Waals surface area contributed by atoms with E-state index >= 15 is 0 Å². The molecule has 0 aromatic carbocycles. The second-order valence-corrected chi connectivity index (χ2v) is 7.36. The summed E-state index contributed by atoms with van der Waals surface area (Å²) in [6.07, 6.45) is 4.23. The minimum atomic E-state index is -0.520. The number of aromatic nitrogens is 1. The fourth-order valence-electron chi connectivity index (χ4n) is 3.15. The van der Waals surface area contributed by atoms with E-state index in [4.69, 9.17) is 4.74 Å². The van der Waals surface area contributed by atoms with Gasteiger partial charge in [0.25, 0.3) is 5.91 Å². The predicted molar refractivity (Wildman–Crippen MR) is 81.8 cm³/mol. The third-order valence-electron chi connectivity index (χ3n) is 4.46. The molecule has 22 heavy (non-hydrogen) atoms. The monoisotopic (exact) mass is 305 g/mol. The Hall–Kier alpha value is -1.98. The maximum absolute atomic E-state index is 12.6. The summed E-state index contributed by atoms with van der Waals surface area (Å²) in [7, 11) is 1.73. The maximum Gasteiger partial charge on any atom is 0.410 e. The lowest BCUT2D eigenvalue weighted by Crippen LogP contribution is -2.39. The van der Waals surface area contributed by atoms with E-state index in [2.05, 4.69) is 20.8 Å². The van der Waals surface area contributed by atoms with Gasteiger partial charge in [-0.1, -0.05) is 0 Å². The molecule has 1 atom stereocenters. The fourth-order valence-corrected chi connectivity index (χ4v) is 3.15. The number of hydrogen-bond acceptors (Lipinski definition) is 3. The number of nitrogens with zero attached hydrogens (tertiary/aromatic N) is 3. The number of rotatable bonds is 1. The summed E-state index contributed by atoms with van der Waals surface area (Å²) < 4.78 is 7.52. The lowest BCUT2D eigenvalue weighted by atomic mass is 10.0. The van der Waals surface area contributed by atoms with Gasteiger partial charge in [-0.2, -0.15) is 0 Å². The highest BCUT2D eigenvalue weighted by atomic mass is 16.6. The van der Waals surface area contributed by atoms with Gasteiger partial charge in [0.1, 0.15) is 0 Å². The minimum absolute atomic E-state index is 0.00507. The van der Waals surface area contributed by atoms with E-state index in [0.717, 1.165) is 0 Å². The van der Waals surface area contributed by atoms with Crippen molar-refractivity contribution in [1.29, 1.82) is 0 Å². The molecule has 0 radical (unpaired) electrons. The summed E-state index contributed by atoms with van der Waals surface area (Å²) in [6.45, 7) is 7.95. The van der Waals surface area contributed by atoms with E-state index in [9.17, 15) is 9.59 Å². The van der Waals surface area contributed by atoms with E-state index in [1.54, 1.807) is 16.8 Å². The molecule has 2 amide bonds. The van der Waals surface area contributed by atoms with Crippen LogP contribution in [0.4, 0.5) is 4.79 Å². The van der Waals surface area contributed by atoms with Crippen molar-refractivity contribution in [3.8, 4) is 0 Å². The van der Waals surface area contributed by atoms with Crippen molar-refractivity contribution < 1.29 is 14.3 Å². The first-order chi connectivity index (χ1) is 10.2. The van der Waals surface area contributed by atoms with Gasteiger partial charge >= 0.3 is 6.09 Å². The lowest BCUT2D eigenvalue weighted by Gasteiger charge is -2.22. The van der Waals surface area contributed by atoms with Crippen LogP contribution >= 0.6 is 0 Å². The van der Waals surface area contributed by atoms with Crippen molar-refractivity contribution in [2.24, 2.45) is 0 Å². The maximum atomic E-state index is 12.6. The molecule has 1 aromatic heterocycles. The zero-order valence-corrected chi connectivity index (χ0v) is 13.6. The largest absolute Gasteiger partial charge is 0.439 e. The van der Waals surface area contributed by atoms with Gasteiger partial charge in [0.2, 0.25) is 0 Å². The summed E-state index contributed by atoms with van der Waals surface area (Å²) in [4.78, 5) is 27.6. The number of likely N-dealkylation sites (N-methyl/N-ethyl adjacent to an activating group) is 1. The van der Waals surface area contributed by atoms with Gasteiger partial charge in [0.15, 0.2) is 5.60 Å². The lowest BCUT2D eigenvalue weighted by molar-refractivity contribution is 0.0553. The molecule has 0 N–H and O–H groups in total. The van der Waals surface area contributed by atoms with Crippen LogP contribution in [0, 0.1) is 0 Å². The normalized spacial score (nSPS) is 25.2. The Kier molecular flexibility index (Phi) is 3.23. The Morgan fingerprint density at radius 1 is 1.32 bits per heavy atom. The molecule has 1 spiro atoms. The van der Waals surface area contributed by atoms with Crippen molar-refractivity contribution >= 4 is 12.0 Å². The van der Waals surface area contributed by atoms with E-state index in [1.807, 2.05) is 23.0 Å². The highest BCUT2D eigenvalue weighted by Crippen LogP contribution is 2.32. The van der Waals surface area contributed by atoms with E-state index in [-0.39, 0.29) is 17.5 Å². The van der Waals surface area contributed by atoms with Crippen LogP contribution in [0.1, 0.15) is 37.6 Å². The van der Waals surface area contributed by atoms with Gasteiger partial charge in [-0.3, -0.25) is 4.79 Å². The molecule has 2 fully saturated rings. The summed E-state index contributed by atoms with van der Waals surface area (Å²) in [5, 5.41) is 0. The summed E-state index contributed by atoms with van der Waals surface area (Å²) >= 11 is 0. The number of carbonyl (C=O) groups is 2. The zero-order valence-electron chi connectivity index (χ0n) is 13.6. The molecule has 0 bridgehead atoms. The molecule has 1 aromatic rings. The minimum Gasteiger partial charge on any atom is -0.439 e. The van der Waals surface area contributed by atoms with Crippen molar-refractivity contribution in [2.45, 2.75) is 38.3 Å². The molecule has 1 unspecified atom stereocenters. The highest BCUT2D eigenvalue weighted by Gasteiger charge is 2.49. The van der Waals surface area contributed by atoms with Crippen molar-refractivity contribution in [1.82, 2.24) is 14.4 Å². The average molecular weight is 305 g/mol. The second kappa shape index (κ2) is 4.76. The Balaban J connectivity index is 1.72. The second-order valence-electron chi connectivity index (χ2n) is 7.36. The SMILES string of the molecule is CN1CC2(CCN(C(=O)c3ccn(C(C)(C)C)c3)C2)OC1=O. The smallest absolute Gasteiger partial charge is 0.410 e. The topological polar surface area (TPSA) is 54.8 Å². The van der Waals surface area contributed by atoms with Crippen LogP contribution < -0.4 is 0 Å². The van der Waals surface area contributed by atoms with E-state index < -0.39 is 5.60 Å². The summed E-state index contributed by atoms with van der Waals surface area (Å²) in [5.41, 5.74) is 0.118. The molecule has 0 aliphatic carbocycles. The molecule has 3 rings (SSSR count). The van der Waals surface area contributed by atoms with Crippen molar-refractivity contribution in [3.63, 3.8) is 0 Å². The van der Waals surface area contributed by atoms with Crippen LogP contribution in [-0.4, -0.2) is 58.7 Å². The van der Waals surface area contributed by atoms with Crippen molar-refractivity contribution in [3.05, 3.63) is 24.0 Å². The van der Waals surface area contributed by atoms with Gasteiger partial charge in [-0.25, -0.2) is 4.79 Å². The molecular formula is C16H23N3O3. The first-order valence-electron chi connectivity index (χ1n) is 7.62. The molecule has 2 aliphatic heterocycles. The van der Waals surface area contributed by atoms with E-state index in [0.29, 0.717) is 31.6 Å². The Labute approximate surface area is 130 Å². The Bertz CT molecular complexity index is 616. The molecule has 2 aliphatic rings. The van der Waals surface area contributed by atoms with Crippen LogP contribution in [0.15, 0.2) is 18.5 Å². The molecule has 6 nitrogen and oxygen atoms in total. The first kappa shape index (κ1) is 14.9. The molecule has 120 valence electrons. The number of ether oxygens (including phenoxy) is 1. The average Bonchev–Trinajstić information content (AvgIpc) is 3.09. The highest BCUT2D eigenvalue weighted by molar-refractivity contribution is 5.94. The Morgan fingerprint density at radius 2 is 2.05 bits per heavy atom. The van der Waals surface area contributed by atoms with Gasteiger partial charge in [0, 0.05) is 37.9 Å². The van der Waals surface area contributed by atoms with Gasteiger partial charge in [-0.15, -0.1) is 0 Å². The Morgan fingerprint density at radius 3 is 2.59 bits per heavy atom. The van der Waals surface area contributed by atoms with Crippen LogP contribution in [0.3, 0.4) is 0 Å². The molecular weight excluding hydrogens is 282 g/mol.